The number of carbonyl (C=O) groups excluding carboxylic acids is 1. The monoisotopic (exact) mass is 244 g/mol. The number of carbonyl (C=O) groups is 1. The molecule has 96 valence electrons. The summed E-state index contributed by atoms with van der Waals surface area (Å²) in [5.74, 6) is 1.04. The molecule has 0 unspecified atom stereocenters. The van der Waals surface area contributed by atoms with E-state index < -0.39 is 8.07 Å². The van der Waals surface area contributed by atoms with Crippen molar-refractivity contribution in [2.45, 2.75) is 59.3 Å². The minimum absolute atomic E-state index is 0.0298. The van der Waals surface area contributed by atoms with Crippen LogP contribution in [0.5, 0.6) is 0 Å². The van der Waals surface area contributed by atoms with Crippen molar-refractivity contribution in [1.29, 1.82) is 0 Å². The molecule has 2 atom stereocenters. The number of esters is 1. The summed E-state index contributed by atoms with van der Waals surface area (Å²) < 4.78 is 5.26. The molecule has 0 rings (SSSR count). The Morgan fingerprint density at radius 3 is 1.94 bits per heavy atom. The van der Waals surface area contributed by atoms with Gasteiger partial charge in [0.25, 0.3) is 0 Å². The second-order valence-corrected chi connectivity index (χ2v) is 11.3. The van der Waals surface area contributed by atoms with Gasteiger partial charge in [-0.05, 0) is 18.8 Å². The first-order chi connectivity index (χ1) is 7.25. The maximum atomic E-state index is 12.1. The lowest BCUT2D eigenvalue weighted by molar-refractivity contribution is -0.144. The van der Waals surface area contributed by atoms with Crippen molar-refractivity contribution in [3.63, 3.8) is 0 Å². The second-order valence-electron chi connectivity index (χ2n) is 5.91. The molecule has 0 aliphatic rings. The quantitative estimate of drug-likeness (QED) is 0.522. The highest BCUT2D eigenvalue weighted by Crippen LogP contribution is 2.37. The van der Waals surface area contributed by atoms with E-state index in [1.165, 1.54) is 0 Å². The Morgan fingerprint density at radius 2 is 1.69 bits per heavy atom. The van der Waals surface area contributed by atoms with Gasteiger partial charge in [0.05, 0.1) is 20.2 Å². The maximum Gasteiger partial charge on any atom is 0.306 e. The van der Waals surface area contributed by atoms with Gasteiger partial charge in [0.1, 0.15) is 0 Å². The molecular weight excluding hydrogens is 216 g/mol. The average molecular weight is 244 g/mol. The fourth-order valence-corrected chi connectivity index (χ4v) is 5.19. The van der Waals surface area contributed by atoms with Crippen LogP contribution in [0.3, 0.4) is 0 Å². The number of hydrogen-bond donors (Lipinski definition) is 0. The predicted octanol–water partition coefficient (Wildman–Crippen LogP) is 3.94. The molecule has 0 aromatic heterocycles. The molecule has 3 heteroatoms. The SMILES string of the molecule is CCOC(=O)[C@H]([C@@H](CC)C(C)C)[Si](C)(C)C. The van der Waals surface area contributed by atoms with Crippen LogP contribution in [0.2, 0.25) is 25.2 Å². The molecular formula is C13H28O2Si. The van der Waals surface area contributed by atoms with Crippen molar-refractivity contribution in [2.24, 2.45) is 11.8 Å². The molecule has 0 N–H and O–H groups in total. The van der Waals surface area contributed by atoms with Crippen molar-refractivity contribution in [3.8, 4) is 0 Å². The molecule has 0 amide bonds. The molecule has 0 saturated carbocycles. The molecule has 0 aliphatic carbocycles. The summed E-state index contributed by atoms with van der Waals surface area (Å²) in [5, 5.41) is 0. The summed E-state index contributed by atoms with van der Waals surface area (Å²) in [5.41, 5.74) is 0.137. The minimum atomic E-state index is -1.51. The van der Waals surface area contributed by atoms with Crippen LogP contribution in [0.25, 0.3) is 0 Å². The highest BCUT2D eigenvalue weighted by atomic mass is 28.3. The summed E-state index contributed by atoms with van der Waals surface area (Å²) >= 11 is 0. The number of hydrogen-bond acceptors (Lipinski definition) is 2. The molecule has 0 radical (unpaired) electrons. The average Bonchev–Trinajstić information content (AvgIpc) is 2.11. The Morgan fingerprint density at radius 1 is 1.19 bits per heavy atom. The van der Waals surface area contributed by atoms with Crippen LogP contribution in [0.15, 0.2) is 0 Å². The van der Waals surface area contributed by atoms with Crippen molar-refractivity contribution in [3.05, 3.63) is 0 Å². The van der Waals surface area contributed by atoms with Crippen LogP contribution < -0.4 is 0 Å². The van der Waals surface area contributed by atoms with E-state index in [2.05, 4.69) is 40.4 Å². The van der Waals surface area contributed by atoms with Gasteiger partial charge in [-0.2, -0.15) is 0 Å². The lowest BCUT2D eigenvalue weighted by Crippen LogP contribution is -2.41. The minimum Gasteiger partial charge on any atom is -0.466 e. The lowest BCUT2D eigenvalue weighted by Gasteiger charge is -2.35. The van der Waals surface area contributed by atoms with Gasteiger partial charge in [0, 0.05) is 0 Å². The van der Waals surface area contributed by atoms with Gasteiger partial charge in [-0.15, -0.1) is 0 Å². The van der Waals surface area contributed by atoms with E-state index in [-0.39, 0.29) is 11.5 Å². The third-order valence-electron chi connectivity index (χ3n) is 3.23. The van der Waals surface area contributed by atoms with Crippen LogP contribution >= 0.6 is 0 Å². The molecule has 0 aromatic rings. The Labute approximate surface area is 102 Å². The van der Waals surface area contributed by atoms with Gasteiger partial charge in [0.2, 0.25) is 0 Å². The fourth-order valence-electron chi connectivity index (χ4n) is 2.49. The first kappa shape index (κ1) is 15.7. The van der Waals surface area contributed by atoms with E-state index in [0.29, 0.717) is 18.4 Å². The number of rotatable bonds is 6. The largest absolute Gasteiger partial charge is 0.466 e. The Bertz CT molecular complexity index is 218. The molecule has 2 nitrogen and oxygen atoms in total. The first-order valence-electron chi connectivity index (χ1n) is 6.42. The zero-order chi connectivity index (χ0) is 12.9. The van der Waals surface area contributed by atoms with E-state index in [1.54, 1.807) is 0 Å². The van der Waals surface area contributed by atoms with Gasteiger partial charge in [-0.3, -0.25) is 4.79 Å². The fraction of sp³-hybridized carbons (Fsp3) is 0.923. The molecule has 0 heterocycles. The standard InChI is InChI=1S/C13H28O2Si/c1-8-11(10(3)4)12(16(5,6)7)13(14)15-9-2/h10-12H,8-9H2,1-7H3/t11-,12-/m0/s1. The maximum absolute atomic E-state index is 12.1. The molecule has 0 bridgehead atoms. The van der Waals surface area contributed by atoms with Crippen LogP contribution in [-0.2, 0) is 9.53 Å². The molecule has 16 heavy (non-hydrogen) atoms. The second kappa shape index (κ2) is 6.43. The van der Waals surface area contributed by atoms with E-state index in [4.69, 9.17) is 4.74 Å². The third-order valence-corrected chi connectivity index (χ3v) is 5.76. The van der Waals surface area contributed by atoms with E-state index in [0.717, 1.165) is 6.42 Å². The highest BCUT2D eigenvalue weighted by molar-refractivity contribution is 6.80. The lowest BCUT2D eigenvalue weighted by atomic mass is 9.89. The van der Waals surface area contributed by atoms with Crippen molar-refractivity contribution >= 4 is 14.0 Å². The van der Waals surface area contributed by atoms with Gasteiger partial charge < -0.3 is 4.74 Å². The molecule has 0 aliphatic heterocycles. The van der Waals surface area contributed by atoms with E-state index >= 15 is 0 Å². The summed E-state index contributed by atoms with van der Waals surface area (Å²) in [6, 6.07) is 0. The topological polar surface area (TPSA) is 26.3 Å². The predicted molar refractivity (Wildman–Crippen MR) is 72.3 cm³/mol. The third kappa shape index (κ3) is 4.28. The summed E-state index contributed by atoms with van der Waals surface area (Å²) in [7, 11) is -1.51. The molecule has 0 saturated heterocycles. The van der Waals surface area contributed by atoms with E-state index in [9.17, 15) is 4.79 Å². The van der Waals surface area contributed by atoms with Gasteiger partial charge in [-0.1, -0.05) is 46.8 Å². The normalized spacial score (nSPS) is 16.0. The van der Waals surface area contributed by atoms with Crippen molar-refractivity contribution < 1.29 is 9.53 Å². The first-order valence-corrected chi connectivity index (χ1v) is 10.00. The highest BCUT2D eigenvalue weighted by Gasteiger charge is 2.40. The summed E-state index contributed by atoms with van der Waals surface area (Å²) in [6.45, 7) is 15.8. The summed E-state index contributed by atoms with van der Waals surface area (Å²) in [6.07, 6.45) is 1.06. The van der Waals surface area contributed by atoms with Crippen LogP contribution in [-0.4, -0.2) is 20.7 Å². The zero-order valence-electron chi connectivity index (χ0n) is 12.0. The van der Waals surface area contributed by atoms with Crippen LogP contribution in [0.4, 0.5) is 0 Å². The Balaban J connectivity index is 5.00. The molecule has 0 spiro atoms. The summed E-state index contributed by atoms with van der Waals surface area (Å²) in [4.78, 5) is 12.1. The van der Waals surface area contributed by atoms with Crippen molar-refractivity contribution in [2.75, 3.05) is 6.61 Å². The van der Waals surface area contributed by atoms with E-state index in [1.807, 2.05) is 6.92 Å². The molecule has 0 fully saturated rings. The number of ether oxygens (including phenoxy) is 1. The van der Waals surface area contributed by atoms with Gasteiger partial charge in [0.15, 0.2) is 0 Å². The van der Waals surface area contributed by atoms with Crippen LogP contribution in [0, 0.1) is 11.8 Å². The van der Waals surface area contributed by atoms with Crippen LogP contribution in [0.1, 0.15) is 34.1 Å². The van der Waals surface area contributed by atoms with Crippen molar-refractivity contribution in [1.82, 2.24) is 0 Å². The Kier molecular flexibility index (Phi) is 6.30. The van der Waals surface area contributed by atoms with Gasteiger partial charge in [-0.25, -0.2) is 0 Å². The molecule has 0 aromatic carbocycles. The Hall–Kier alpha value is -0.313. The van der Waals surface area contributed by atoms with Gasteiger partial charge >= 0.3 is 5.97 Å². The smallest absolute Gasteiger partial charge is 0.306 e. The zero-order valence-corrected chi connectivity index (χ0v) is 13.0.